The van der Waals surface area contributed by atoms with Crippen LogP contribution in [0.1, 0.15) is 60.0 Å². The maximum Gasteiger partial charge on any atom is 0.306 e. The number of hydrogen-bond donors (Lipinski definition) is 1. The highest BCUT2D eigenvalue weighted by molar-refractivity contribution is 8.76. The van der Waals surface area contributed by atoms with E-state index in [1.54, 1.807) is 33.8 Å². The highest BCUT2D eigenvalue weighted by atomic mass is 33.1. The maximum atomic E-state index is 14.3. The number of aryl methyl sites for hydroxylation is 1. The topological polar surface area (TPSA) is 113 Å². The number of pyridine rings is 1. The van der Waals surface area contributed by atoms with Gasteiger partial charge in [-0.15, -0.1) is 0 Å². The number of ether oxygens (including phenoxy) is 1. The number of likely N-dealkylation sites (N-methyl/N-ethyl adjacent to an activating group) is 1. The average molecular weight is 689 g/mol. The Labute approximate surface area is 286 Å². The maximum absolute atomic E-state index is 14.3. The molecule has 48 heavy (non-hydrogen) atoms. The van der Waals surface area contributed by atoms with Crippen molar-refractivity contribution in [2.24, 2.45) is 0 Å². The van der Waals surface area contributed by atoms with E-state index < -0.39 is 17.8 Å². The van der Waals surface area contributed by atoms with Crippen LogP contribution >= 0.6 is 21.6 Å². The number of carbonyl (C=O) groups excluding carboxylic acids is 4. The number of aromatic nitrogens is 2. The van der Waals surface area contributed by atoms with E-state index >= 15 is 0 Å². The second-order valence-electron chi connectivity index (χ2n) is 12.1. The van der Waals surface area contributed by atoms with Gasteiger partial charge >= 0.3 is 5.97 Å². The molecule has 4 aromatic rings. The summed E-state index contributed by atoms with van der Waals surface area (Å²) in [7, 11) is 4.79. The quantitative estimate of drug-likeness (QED) is 0.101. The molecule has 1 aliphatic carbocycles. The molecule has 0 spiro atoms. The van der Waals surface area contributed by atoms with Crippen LogP contribution in [0.5, 0.6) is 0 Å². The Morgan fingerprint density at radius 3 is 2.71 bits per heavy atom. The van der Waals surface area contributed by atoms with Crippen molar-refractivity contribution in [2.75, 3.05) is 26.0 Å². The predicted octanol–water partition coefficient (Wildman–Crippen LogP) is 6.60. The van der Waals surface area contributed by atoms with Gasteiger partial charge in [-0.1, -0.05) is 41.1 Å². The van der Waals surface area contributed by atoms with E-state index in [1.165, 1.54) is 22.9 Å². The first-order valence-electron chi connectivity index (χ1n) is 16.2. The SMILES string of the molecule is CN(Cc1ccc(-c2[nH]c3cc(F)cc4c3c2CCCC4=O)cc1)C(=O)[C@@H]1CCCN1C(=O)CCC(=O)OCCSSc1ccccn1. The molecule has 3 heterocycles. The number of ketones is 1. The number of amides is 2. The number of aromatic amines is 1. The first-order valence-corrected chi connectivity index (χ1v) is 18.5. The molecule has 9 nitrogen and oxygen atoms in total. The van der Waals surface area contributed by atoms with Gasteiger partial charge in [0.15, 0.2) is 5.78 Å². The number of Topliss-reactive ketones (excluding diaryl/α,β-unsaturated/α-hetero) is 1. The molecule has 2 amide bonds. The fourth-order valence-electron chi connectivity index (χ4n) is 6.46. The zero-order valence-corrected chi connectivity index (χ0v) is 28.3. The molecule has 0 radical (unpaired) electrons. The Morgan fingerprint density at radius 2 is 1.92 bits per heavy atom. The fraction of sp³-hybridized carbons (Fsp3) is 0.361. The number of esters is 1. The predicted molar refractivity (Wildman–Crippen MR) is 185 cm³/mol. The Hall–Kier alpha value is -4.16. The number of likely N-dealkylation sites (tertiary alicyclic amines) is 1. The zero-order valence-electron chi connectivity index (χ0n) is 26.7. The number of nitrogens with zero attached hydrogens (tertiary/aromatic N) is 3. The molecule has 6 rings (SSSR count). The van der Waals surface area contributed by atoms with Crippen molar-refractivity contribution < 1.29 is 28.3 Å². The Balaban J connectivity index is 1.00. The molecule has 2 aliphatic rings. The number of hydrogen-bond acceptors (Lipinski definition) is 8. The first kappa shape index (κ1) is 33.7. The molecule has 2 aromatic carbocycles. The van der Waals surface area contributed by atoms with Crippen molar-refractivity contribution >= 4 is 56.1 Å². The molecular weight excluding hydrogens is 652 g/mol. The third-order valence-corrected chi connectivity index (χ3v) is 11.0. The molecule has 1 aliphatic heterocycles. The summed E-state index contributed by atoms with van der Waals surface area (Å²) in [6.45, 7) is 1.10. The summed E-state index contributed by atoms with van der Waals surface area (Å²) in [6.07, 6.45) is 4.84. The summed E-state index contributed by atoms with van der Waals surface area (Å²) in [6, 6.07) is 15.8. The van der Waals surface area contributed by atoms with E-state index in [1.807, 2.05) is 42.5 Å². The number of carbonyl (C=O) groups is 4. The van der Waals surface area contributed by atoms with Crippen LogP contribution in [0.2, 0.25) is 0 Å². The fourth-order valence-corrected chi connectivity index (χ4v) is 8.17. The lowest BCUT2D eigenvalue weighted by molar-refractivity contribution is -0.147. The molecule has 0 bridgehead atoms. The van der Waals surface area contributed by atoms with Gasteiger partial charge in [0.2, 0.25) is 11.8 Å². The summed E-state index contributed by atoms with van der Waals surface area (Å²) in [5, 5.41) is 1.69. The van der Waals surface area contributed by atoms with Crippen molar-refractivity contribution in [1.82, 2.24) is 19.8 Å². The lowest BCUT2D eigenvalue weighted by Gasteiger charge is -2.28. The van der Waals surface area contributed by atoms with Crippen LogP contribution in [0.25, 0.3) is 22.2 Å². The summed E-state index contributed by atoms with van der Waals surface area (Å²) in [4.78, 5) is 62.2. The van der Waals surface area contributed by atoms with Crippen molar-refractivity contribution in [3.8, 4) is 11.3 Å². The normalized spacial score (nSPS) is 15.8. The highest BCUT2D eigenvalue weighted by Gasteiger charge is 2.35. The van der Waals surface area contributed by atoms with Gasteiger partial charge in [-0.05, 0) is 77.4 Å². The molecule has 250 valence electrons. The Morgan fingerprint density at radius 1 is 1.08 bits per heavy atom. The Kier molecular flexibility index (Phi) is 10.8. The number of benzene rings is 2. The van der Waals surface area contributed by atoms with Crippen molar-refractivity contribution in [3.05, 3.63) is 83.3 Å². The summed E-state index contributed by atoms with van der Waals surface area (Å²) >= 11 is 0. The van der Waals surface area contributed by atoms with E-state index in [0.717, 1.165) is 45.6 Å². The first-order chi connectivity index (χ1) is 23.3. The second kappa shape index (κ2) is 15.4. The van der Waals surface area contributed by atoms with E-state index in [9.17, 15) is 23.6 Å². The van der Waals surface area contributed by atoms with Gasteiger partial charge in [-0.2, -0.15) is 0 Å². The largest absolute Gasteiger partial charge is 0.465 e. The molecule has 1 N–H and O–H groups in total. The molecule has 0 unspecified atom stereocenters. The van der Waals surface area contributed by atoms with Crippen LogP contribution in [0.15, 0.2) is 65.8 Å². The number of halogens is 1. The smallest absolute Gasteiger partial charge is 0.306 e. The van der Waals surface area contributed by atoms with Crippen LogP contribution in [0, 0.1) is 5.82 Å². The zero-order chi connectivity index (χ0) is 33.6. The number of H-pyrrole nitrogens is 1. The minimum absolute atomic E-state index is 0.00164. The summed E-state index contributed by atoms with van der Waals surface area (Å²) in [5.41, 5.74) is 4.82. The van der Waals surface area contributed by atoms with Crippen molar-refractivity contribution in [3.63, 3.8) is 0 Å². The molecule has 1 atom stereocenters. The molecule has 1 fully saturated rings. The molecular formula is C36H37FN4O5S2. The summed E-state index contributed by atoms with van der Waals surface area (Å²) in [5.74, 6) is -0.642. The molecule has 2 aromatic heterocycles. The van der Waals surface area contributed by atoms with Gasteiger partial charge in [0, 0.05) is 67.1 Å². The third kappa shape index (κ3) is 7.76. The molecule has 12 heteroatoms. The number of nitrogens with one attached hydrogen (secondary N) is 1. The van der Waals surface area contributed by atoms with Gasteiger partial charge < -0.3 is 19.5 Å². The lowest BCUT2D eigenvalue weighted by Crippen LogP contribution is -2.46. The van der Waals surface area contributed by atoms with Crippen LogP contribution in [-0.2, 0) is 32.1 Å². The average Bonchev–Trinajstić information content (AvgIpc) is 3.68. The van der Waals surface area contributed by atoms with E-state index in [0.29, 0.717) is 49.2 Å². The van der Waals surface area contributed by atoms with Crippen molar-refractivity contribution in [2.45, 2.75) is 62.6 Å². The molecule has 0 saturated carbocycles. The van der Waals surface area contributed by atoms with Gasteiger partial charge in [0.1, 0.15) is 23.5 Å². The van der Waals surface area contributed by atoms with Crippen LogP contribution < -0.4 is 0 Å². The third-order valence-electron chi connectivity index (χ3n) is 8.75. The van der Waals surface area contributed by atoms with E-state index in [2.05, 4.69) is 9.97 Å². The minimum atomic E-state index is -0.557. The molecule has 1 saturated heterocycles. The number of rotatable bonds is 12. The van der Waals surface area contributed by atoms with E-state index in [-0.39, 0.29) is 37.0 Å². The highest BCUT2D eigenvalue weighted by Crippen LogP contribution is 2.37. The summed E-state index contributed by atoms with van der Waals surface area (Å²) < 4.78 is 19.6. The van der Waals surface area contributed by atoms with Gasteiger partial charge in [-0.3, -0.25) is 19.2 Å². The van der Waals surface area contributed by atoms with Crippen LogP contribution in [0.4, 0.5) is 4.39 Å². The van der Waals surface area contributed by atoms with Gasteiger partial charge in [0.25, 0.3) is 0 Å². The van der Waals surface area contributed by atoms with Crippen LogP contribution in [0.3, 0.4) is 0 Å². The Bertz CT molecular complexity index is 1810. The standard InChI is InChI=1S/C36H37FN4O5S2/c1-40(22-23-10-12-24(13-11-23)35-26-6-4-8-30(42)27-20-25(37)21-28(39-35)34(26)27)36(45)29-7-5-17-41(29)32(43)14-15-33(44)46-18-19-47-48-31-9-2-3-16-38-31/h2-3,9-13,16,20-21,29,39H,4-8,14-15,17-19,22H2,1H3/t29-/m0/s1. The second-order valence-corrected chi connectivity index (χ2v) is 14.5. The van der Waals surface area contributed by atoms with Gasteiger partial charge in [-0.25, -0.2) is 9.37 Å². The van der Waals surface area contributed by atoms with Crippen LogP contribution in [-0.4, -0.2) is 75.3 Å². The van der Waals surface area contributed by atoms with Crippen molar-refractivity contribution in [1.29, 1.82) is 0 Å². The monoisotopic (exact) mass is 688 g/mol. The van der Waals surface area contributed by atoms with E-state index in [4.69, 9.17) is 4.74 Å². The van der Waals surface area contributed by atoms with Gasteiger partial charge in [0.05, 0.1) is 6.42 Å². The minimum Gasteiger partial charge on any atom is -0.465 e. The lowest BCUT2D eigenvalue weighted by atomic mass is 9.99.